The van der Waals surface area contributed by atoms with E-state index in [4.69, 9.17) is 16.9 Å². The lowest BCUT2D eigenvalue weighted by Gasteiger charge is -2.18. The van der Waals surface area contributed by atoms with E-state index in [-0.39, 0.29) is 10.9 Å². The van der Waals surface area contributed by atoms with Crippen molar-refractivity contribution in [2.24, 2.45) is 0 Å². The highest BCUT2D eigenvalue weighted by Gasteiger charge is 2.17. The molecule has 3 aromatic heterocycles. The van der Waals surface area contributed by atoms with E-state index in [1.54, 1.807) is 72.5 Å². The Hall–Kier alpha value is -4.42. The maximum atomic E-state index is 13.1. The van der Waals surface area contributed by atoms with Crippen LogP contribution in [0.3, 0.4) is 0 Å². The number of pyridine rings is 2. The minimum Gasteiger partial charge on any atom is -0.453 e. The van der Waals surface area contributed by atoms with Crippen LogP contribution in [0.15, 0.2) is 61.1 Å². The third-order valence-electron chi connectivity index (χ3n) is 4.99. The fourth-order valence-corrected chi connectivity index (χ4v) is 3.43. The van der Waals surface area contributed by atoms with Crippen LogP contribution in [0.25, 0.3) is 16.9 Å². The molecule has 0 saturated carbocycles. The second kappa shape index (κ2) is 8.98. The lowest BCUT2D eigenvalue weighted by Crippen LogP contribution is -2.26. The number of nitrogens with one attached hydrogen (secondary N) is 1. The number of aromatic nitrogens is 3. The van der Waals surface area contributed by atoms with Gasteiger partial charge in [0.25, 0.3) is 5.91 Å². The summed E-state index contributed by atoms with van der Waals surface area (Å²) < 4.78 is 6.35. The van der Waals surface area contributed by atoms with E-state index in [2.05, 4.69) is 20.0 Å². The predicted molar refractivity (Wildman–Crippen MR) is 123 cm³/mol. The average Bonchev–Trinajstić information content (AvgIpc) is 3.26. The zero-order valence-corrected chi connectivity index (χ0v) is 18.4. The zero-order chi connectivity index (χ0) is 23.5. The molecule has 4 aromatic rings. The summed E-state index contributed by atoms with van der Waals surface area (Å²) in [5.74, 6) is 0.0889. The number of carbonyl (C=O) groups is 2. The lowest BCUT2D eigenvalue weighted by molar-refractivity contribution is 0.0992. The quantitative estimate of drug-likeness (QED) is 0.483. The molecule has 33 heavy (non-hydrogen) atoms. The molecule has 0 spiro atoms. The number of nitriles is 1. The van der Waals surface area contributed by atoms with Crippen molar-refractivity contribution in [3.63, 3.8) is 0 Å². The molecule has 0 aliphatic heterocycles. The van der Waals surface area contributed by atoms with Gasteiger partial charge in [-0.3, -0.25) is 14.5 Å². The Morgan fingerprint density at radius 1 is 1.15 bits per heavy atom. The highest BCUT2D eigenvalue weighted by molar-refractivity contribution is 6.32. The van der Waals surface area contributed by atoms with Crippen molar-refractivity contribution >= 4 is 40.8 Å². The van der Waals surface area contributed by atoms with Crippen molar-refractivity contribution in [1.82, 2.24) is 14.4 Å². The summed E-state index contributed by atoms with van der Waals surface area (Å²) in [4.78, 5) is 34.5. The fraction of sp³-hybridized carbons (Fsp3) is 0.0870. The van der Waals surface area contributed by atoms with Gasteiger partial charge in [0.15, 0.2) is 0 Å². The summed E-state index contributed by atoms with van der Waals surface area (Å²) in [5, 5.41) is 11.8. The van der Waals surface area contributed by atoms with Gasteiger partial charge >= 0.3 is 6.09 Å². The van der Waals surface area contributed by atoms with E-state index in [1.165, 1.54) is 12.0 Å². The molecule has 164 valence electrons. The first-order chi connectivity index (χ1) is 15.9. The number of hydrogen-bond donors (Lipinski definition) is 1. The SMILES string of the molecule is COC(=O)Nc1ccc(-c2cnc3ccc(C(=O)N(C)c4ccc(C#N)c(Cl)c4)cn23)cn1. The number of imidazole rings is 1. The van der Waals surface area contributed by atoms with Gasteiger partial charge < -0.3 is 9.64 Å². The summed E-state index contributed by atoms with van der Waals surface area (Å²) in [6.07, 6.45) is 4.36. The smallest absolute Gasteiger partial charge is 0.412 e. The molecule has 0 radical (unpaired) electrons. The van der Waals surface area contributed by atoms with Crippen LogP contribution in [-0.4, -0.2) is 40.5 Å². The maximum absolute atomic E-state index is 13.1. The van der Waals surface area contributed by atoms with E-state index in [9.17, 15) is 9.59 Å². The summed E-state index contributed by atoms with van der Waals surface area (Å²) in [7, 11) is 2.91. The number of anilines is 2. The van der Waals surface area contributed by atoms with E-state index in [1.807, 2.05) is 6.07 Å². The average molecular weight is 461 g/mol. The minimum absolute atomic E-state index is 0.256. The molecule has 0 fully saturated rings. The minimum atomic E-state index is -0.610. The fourth-order valence-electron chi connectivity index (χ4n) is 3.21. The van der Waals surface area contributed by atoms with Crippen LogP contribution in [0.2, 0.25) is 5.02 Å². The van der Waals surface area contributed by atoms with Gasteiger partial charge in [0.05, 0.1) is 35.2 Å². The van der Waals surface area contributed by atoms with E-state index in [0.29, 0.717) is 28.3 Å². The number of ether oxygens (including phenoxy) is 1. The van der Waals surface area contributed by atoms with Crippen molar-refractivity contribution in [1.29, 1.82) is 5.26 Å². The van der Waals surface area contributed by atoms with Crippen LogP contribution >= 0.6 is 11.6 Å². The van der Waals surface area contributed by atoms with Gasteiger partial charge in [-0.1, -0.05) is 11.6 Å². The molecule has 0 saturated heterocycles. The van der Waals surface area contributed by atoms with Gasteiger partial charge in [0.2, 0.25) is 0 Å². The molecular formula is C23H17ClN6O3. The molecule has 1 N–H and O–H groups in total. The molecule has 3 heterocycles. The molecule has 0 unspecified atom stereocenters. The predicted octanol–water partition coefficient (Wildman–Crippen LogP) is 4.38. The highest BCUT2D eigenvalue weighted by Crippen LogP contribution is 2.25. The van der Waals surface area contributed by atoms with Gasteiger partial charge in [-0.15, -0.1) is 0 Å². The molecule has 1 aromatic carbocycles. The van der Waals surface area contributed by atoms with Gasteiger partial charge in [-0.2, -0.15) is 5.26 Å². The molecule has 4 rings (SSSR count). The van der Waals surface area contributed by atoms with Crippen molar-refractivity contribution in [2.75, 3.05) is 24.4 Å². The molecule has 0 aliphatic carbocycles. The first-order valence-electron chi connectivity index (χ1n) is 9.67. The second-order valence-corrected chi connectivity index (χ2v) is 7.39. The molecule has 10 heteroatoms. The maximum Gasteiger partial charge on any atom is 0.412 e. The van der Waals surface area contributed by atoms with Crippen LogP contribution in [0.5, 0.6) is 0 Å². The van der Waals surface area contributed by atoms with Gasteiger partial charge in [0, 0.05) is 30.7 Å². The number of amides is 2. The first-order valence-corrected chi connectivity index (χ1v) is 10.1. The standard InChI is InChI=1S/C23H17ClN6O3/c1-29(17-6-3-14(10-25)18(24)9-17)22(31)16-5-8-21-27-12-19(30(21)13-16)15-4-7-20(26-11-15)28-23(32)33-2/h3-9,11-13H,1-2H3,(H,26,28,32). The largest absolute Gasteiger partial charge is 0.453 e. The molecule has 9 nitrogen and oxygen atoms in total. The molecule has 0 bridgehead atoms. The Labute approximate surface area is 193 Å². The summed E-state index contributed by atoms with van der Waals surface area (Å²) in [6, 6.07) is 13.7. The van der Waals surface area contributed by atoms with Crippen LogP contribution in [0.1, 0.15) is 15.9 Å². The number of fused-ring (bicyclic) bond motifs is 1. The first kappa shape index (κ1) is 21.8. The monoisotopic (exact) mass is 460 g/mol. The Bertz CT molecular complexity index is 1410. The number of benzene rings is 1. The van der Waals surface area contributed by atoms with Crippen molar-refractivity contribution in [3.05, 3.63) is 77.2 Å². The topological polar surface area (TPSA) is 113 Å². The lowest BCUT2D eigenvalue weighted by atomic mass is 10.2. The highest BCUT2D eigenvalue weighted by atomic mass is 35.5. The molecule has 0 aliphatic rings. The Morgan fingerprint density at radius 3 is 2.64 bits per heavy atom. The number of halogens is 1. The number of hydrogen-bond acceptors (Lipinski definition) is 6. The van der Waals surface area contributed by atoms with Crippen LogP contribution in [0.4, 0.5) is 16.3 Å². The number of methoxy groups -OCH3 is 1. The Balaban J connectivity index is 1.64. The number of carbonyl (C=O) groups excluding carboxylic acids is 2. The molecule has 0 atom stereocenters. The van der Waals surface area contributed by atoms with Crippen molar-refractivity contribution in [2.45, 2.75) is 0 Å². The van der Waals surface area contributed by atoms with E-state index in [0.717, 1.165) is 11.3 Å². The van der Waals surface area contributed by atoms with Gasteiger partial charge in [0.1, 0.15) is 17.5 Å². The van der Waals surface area contributed by atoms with Gasteiger partial charge in [-0.05, 0) is 42.5 Å². The van der Waals surface area contributed by atoms with Crippen LogP contribution in [-0.2, 0) is 4.74 Å². The van der Waals surface area contributed by atoms with Crippen LogP contribution < -0.4 is 10.2 Å². The van der Waals surface area contributed by atoms with E-state index < -0.39 is 6.09 Å². The van der Waals surface area contributed by atoms with Crippen molar-refractivity contribution in [3.8, 4) is 17.3 Å². The summed E-state index contributed by atoms with van der Waals surface area (Å²) in [5.41, 5.74) is 3.46. The van der Waals surface area contributed by atoms with E-state index >= 15 is 0 Å². The summed E-state index contributed by atoms with van der Waals surface area (Å²) in [6.45, 7) is 0. The second-order valence-electron chi connectivity index (χ2n) is 6.98. The summed E-state index contributed by atoms with van der Waals surface area (Å²) >= 11 is 6.11. The number of nitrogens with zero attached hydrogens (tertiary/aromatic N) is 5. The molecular weight excluding hydrogens is 444 g/mol. The van der Waals surface area contributed by atoms with Crippen molar-refractivity contribution < 1.29 is 14.3 Å². The van der Waals surface area contributed by atoms with Crippen LogP contribution in [0, 0.1) is 11.3 Å². The van der Waals surface area contributed by atoms with Gasteiger partial charge in [-0.25, -0.2) is 14.8 Å². The number of rotatable bonds is 4. The normalized spacial score (nSPS) is 10.5. The third kappa shape index (κ3) is 4.33. The third-order valence-corrected chi connectivity index (χ3v) is 5.31. The Morgan fingerprint density at radius 2 is 1.97 bits per heavy atom. The molecule has 2 amide bonds. The Kier molecular flexibility index (Phi) is 5.93. The zero-order valence-electron chi connectivity index (χ0n) is 17.6.